The van der Waals surface area contributed by atoms with Crippen molar-refractivity contribution in [3.05, 3.63) is 34.9 Å². The van der Waals surface area contributed by atoms with Crippen molar-refractivity contribution in [3.63, 3.8) is 0 Å². The summed E-state index contributed by atoms with van der Waals surface area (Å²) < 4.78 is 0. The number of carbonyl (C=O) groups is 1. The second-order valence-electron chi connectivity index (χ2n) is 4.79. The Kier molecular flexibility index (Phi) is 4.52. The highest BCUT2D eigenvalue weighted by atomic mass is 35.5. The van der Waals surface area contributed by atoms with E-state index < -0.39 is 0 Å². The van der Waals surface area contributed by atoms with Gasteiger partial charge in [-0.1, -0.05) is 30.5 Å². The highest BCUT2D eigenvalue weighted by molar-refractivity contribution is 6.31. The molecule has 1 saturated carbocycles. The maximum atomic E-state index is 12.4. The lowest BCUT2D eigenvalue weighted by molar-refractivity contribution is 0.0700. The molecule has 2 unspecified atom stereocenters. The Hall–Kier alpha value is -0.730. The van der Waals surface area contributed by atoms with Crippen LogP contribution in [-0.2, 0) is 0 Å². The molecule has 1 aliphatic rings. The monoisotopic (exact) mass is 285 g/mol. The number of rotatable bonds is 2. The van der Waals surface area contributed by atoms with Gasteiger partial charge in [0.25, 0.3) is 5.91 Å². The van der Waals surface area contributed by atoms with Crippen molar-refractivity contribution in [3.8, 4) is 0 Å². The first-order valence-corrected chi connectivity index (χ1v) is 7.08. The smallest absolute Gasteiger partial charge is 0.253 e. The molecule has 1 aromatic rings. The lowest BCUT2D eigenvalue weighted by Crippen LogP contribution is -2.44. The SMILES string of the molecule is CN(C(=O)c1cccc(Cl)c1)C1CCCCC1Cl. The van der Waals surface area contributed by atoms with Crippen LogP contribution >= 0.6 is 23.2 Å². The molecule has 0 N–H and O–H groups in total. The summed E-state index contributed by atoms with van der Waals surface area (Å²) in [5.41, 5.74) is 0.624. The predicted octanol–water partition coefficient (Wildman–Crippen LogP) is 3.96. The van der Waals surface area contributed by atoms with Crippen LogP contribution in [-0.4, -0.2) is 29.3 Å². The summed E-state index contributed by atoms with van der Waals surface area (Å²) >= 11 is 12.2. The van der Waals surface area contributed by atoms with Crippen LogP contribution in [0.25, 0.3) is 0 Å². The molecule has 2 atom stereocenters. The van der Waals surface area contributed by atoms with Gasteiger partial charge in [-0.3, -0.25) is 4.79 Å². The van der Waals surface area contributed by atoms with E-state index in [0.29, 0.717) is 10.6 Å². The summed E-state index contributed by atoms with van der Waals surface area (Å²) in [4.78, 5) is 14.1. The molecular weight excluding hydrogens is 269 g/mol. The average Bonchev–Trinajstić information content (AvgIpc) is 2.37. The maximum Gasteiger partial charge on any atom is 0.253 e. The van der Waals surface area contributed by atoms with Gasteiger partial charge in [0.2, 0.25) is 0 Å². The van der Waals surface area contributed by atoms with Gasteiger partial charge >= 0.3 is 0 Å². The molecule has 0 saturated heterocycles. The predicted molar refractivity (Wildman–Crippen MR) is 75.4 cm³/mol. The van der Waals surface area contributed by atoms with Crippen molar-refractivity contribution < 1.29 is 4.79 Å². The molecular formula is C14H17Cl2NO. The Bertz CT molecular complexity index is 436. The van der Waals surface area contributed by atoms with Crippen LogP contribution in [0.1, 0.15) is 36.0 Å². The molecule has 1 fully saturated rings. The van der Waals surface area contributed by atoms with E-state index >= 15 is 0 Å². The summed E-state index contributed by atoms with van der Waals surface area (Å²) in [6.07, 6.45) is 4.27. The Morgan fingerprint density at radius 3 is 2.72 bits per heavy atom. The van der Waals surface area contributed by atoms with E-state index in [1.807, 2.05) is 7.05 Å². The number of halogens is 2. The van der Waals surface area contributed by atoms with E-state index in [0.717, 1.165) is 25.7 Å². The second kappa shape index (κ2) is 5.94. The summed E-state index contributed by atoms with van der Waals surface area (Å²) in [5, 5.41) is 0.646. The van der Waals surface area contributed by atoms with E-state index in [1.54, 1.807) is 29.2 Å². The molecule has 0 spiro atoms. The summed E-state index contributed by atoms with van der Waals surface area (Å²) in [6.45, 7) is 0. The highest BCUT2D eigenvalue weighted by Gasteiger charge is 2.29. The number of amides is 1. The van der Waals surface area contributed by atoms with Crippen molar-refractivity contribution in [2.45, 2.75) is 37.1 Å². The minimum Gasteiger partial charge on any atom is -0.337 e. The molecule has 0 radical (unpaired) electrons. The third-order valence-electron chi connectivity index (χ3n) is 3.54. The van der Waals surface area contributed by atoms with Gasteiger partial charge in [0.15, 0.2) is 0 Å². The van der Waals surface area contributed by atoms with E-state index in [4.69, 9.17) is 23.2 Å². The van der Waals surface area contributed by atoms with Crippen LogP contribution < -0.4 is 0 Å². The molecule has 98 valence electrons. The van der Waals surface area contributed by atoms with Gasteiger partial charge in [-0.05, 0) is 31.0 Å². The van der Waals surface area contributed by atoms with Crippen molar-refractivity contribution in [2.24, 2.45) is 0 Å². The topological polar surface area (TPSA) is 20.3 Å². The first-order chi connectivity index (χ1) is 8.59. The number of hydrogen-bond donors (Lipinski definition) is 0. The number of alkyl halides is 1. The van der Waals surface area contributed by atoms with Gasteiger partial charge < -0.3 is 4.90 Å². The lowest BCUT2D eigenvalue weighted by Gasteiger charge is -2.35. The van der Waals surface area contributed by atoms with Crippen molar-refractivity contribution >= 4 is 29.1 Å². The molecule has 1 amide bonds. The van der Waals surface area contributed by atoms with Gasteiger partial charge in [-0.15, -0.1) is 11.6 Å². The molecule has 0 bridgehead atoms. The Balaban J connectivity index is 2.13. The molecule has 0 aromatic heterocycles. The number of nitrogens with zero attached hydrogens (tertiary/aromatic N) is 1. The van der Waals surface area contributed by atoms with Crippen molar-refractivity contribution in [2.75, 3.05) is 7.05 Å². The fraction of sp³-hybridized carbons (Fsp3) is 0.500. The average molecular weight is 286 g/mol. The fourth-order valence-electron chi connectivity index (χ4n) is 2.48. The van der Waals surface area contributed by atoms with Gasteiger partial charge in [-0.25, -0.2) is 0 Å². The summed E-state index contributed by atoms with van der Waals surface area (Å²) in [7, 11) is 1.83. The zero-order valence-corrected chi connectivity index (χ0v) is 11.9. The Labute approximate surface area is 118 Å². The van der Waals surface area contributed by atoms with Gasteiger partial charge in [0, 0.05) is 23.7 Å². The minimum atomic E-state index is -0.00458. The Morgan fingerprint density at radius 1 is 1.33 bits per heavy atom. The van der Waals surface area contributed by atoms with Crippen LogP contribution in [0.3, 0.4) is 0 Å². The number of hydrogen-bond acceptors (Lipinski definition) is 1. The Morgan fingerprint density at radius 2 is 2.06 bits per heavy atom. The highest BCUT2D eigenvalue weighted by Crippen LogP contribution is 2.27. The molecule has 1 aromatic carbocycles. The van der Waals surface area contributed by atoms with Crippen LogP contribution in [0.2, 0.25) is 5.02 Å². The van der Waals surface area contributed by atoms with Crippen LogP contribution in [0.4, 0.5) is 0 Å². The van der Waals surface area contributed by atoms with Crippen molar-refractivity contribution in [1.82, 2.24) is 4.90 Å². The normalized spacial score (nSPS) is 23.7. The number of carbonyl (C=O) groups excluding carboxylic acids is 1. The zero-order valence-electron chi connectivity index (χ0n) is 10.4. The second-order valence-corrected chi connectivity index (χ2v) is 5.79. The summed E-state index contributed by atoms with van der Waals surface area (Å²) in [5.74, 6) is -0.00458. The van der Waals surface area contributed by atoms with Crippen LogP contribution in [0.5, 0.6) is 0 Å². The molecule has 2 rings (SSSR count). The van der Waals surface area contributed by atoms with E-state index in [1.165, 1.54) is 0 Å². The quantitative estimate of drug-likeness (QED) is 0.753. The third-order valence-corrected chi connectivity index (χ3v) is 4.28. The van der Waals surface area contributed by atoms with E-state index in [-0.39, 0.29) is 17.3 Å². The molecule has 2 nitrogen and oxygen atoms in total. The maximum absolute atomic E-state index is 12.4. The molecule has 18 heavy (non-hydrogen) atoms. The molecule has 0 heterocycles. The van der Waals surface area contributed by atoms with Crippen LogP contribution in [0.15, 0.2) is 24.3 Å². The first kappa shape index (κ1) is 13.7. The standard InChI is InChI=1S/C14H17Cl2NO/c1-17(13-8-3-2-7-12(13)16)14(18)10-5-4-6-11(15)9-10/h4-6,9,12-13H,2-3,7-8H2,1H3. The molecule has 4 heteroatoms. The van der Waals surface area contributed by atoms with Crippen molar-refractivity contribution in [1.29, 1.82) is 0 Å². The van der Waals surface area contributed by atoms with Gasteiger partial charge in [0.05, 0.1) is 5.38 Å². The van der Waals surface area contributed by atoms with E-state index in [9.17, 15) is 4.79 Å². The van der Waals surface area contributed by atoms with Gasteiger partial charge in [-0.2, -0.15) is 0 Å². The molecule has 1 aliphatic carbocycles. The number of benzene rings is 1. The lowest BCUT2D eigenvalue weighted by atomic mass is 9.93. The molecule has 0 aliphatic heterocycles. The zero-order chi connectivity index (χ0) is 13.1. The first-order valence-electron chi connectivity index (χ1n) is 6.26. The summed E-state index contributed by atoms with van der Waals surface area (Å²) in [6, 6.07) is 7.18. The minimum absolute atomic E-state index is 0.00458. The largest absolute Gasteiger partial charge is 0.337 e. The van der Waals surface area contributed by atoms with Crippen LogP contribution in [0, 0.1) is 0 Å². The van der Waals surface area contributed by atoms with E-state index in [2.05, 4.69) is 0 Å². The fourth-order valence-corrected chi connectivity index (χ4v) is 3.12. The van der Waals surface area contributed by atoms with Gasteiger partial charge in [0.1, 0.15) is 0 Å². The third kappa shape index (κ3) is 2.99.